The molecule has 0 amide bonds. The van der Waals surface area contributed by atoms with Gasteiger partial charge in [-0.05, 0) is 12.8 Å². The van der Waals surface area contributed by atoms with Gasteiger partial charge in [-0.3, -0.25) is 4.57 Å². The normalized spacial score (nSPS) is 26.6. The Kier molecular flexibility index (Phi) is 7.46. The number of aliphatic hydroxyl groups is 4. The summed E-state index contributed by atoms with van der Waals surface area (Å²) in [5.41, 5.74) is 1.21. The monoisotopic (exact) mass is 523 g/mol. The Morgan fingerprint density at radius 1 is 1.24 bits per heavy atom. The molecule has 34 heavy (non-hydrogen) atoms. The molecule has 1 saturated carbocycles. The number of hydrogen-bond acceptors (Lipinski definition) is 11. The van der Waals surface area contributed by atoms with Crippen molar-refractivity contribution in [3.8, 4) is 0 Å². The summed E-state index contributed by atoms with van der Waals surface area (Å²) in [5.74, 6) is 0. The van der Waals surface area contributed by atoms with Gasteiger partial charge in [0.1, 0.15) is 23.5 Å². The Morgan fingerprint density at radius 3 is 2.53 bits per heavy atom. The summed E-state index contributed by atoms with van der Waals surface area (Å²) in [6.07, 6.45) is -1.39. The number of halogens is 1. The average Bonchev–Trinajstić information content (AvgIpc) is 3.50. The lowest BCUT2D eigenvalue weighted by Gasteiger charge is -2.31. The smallest absolute Gasteiger partial charge is 0.361 e. The van der Waals surface area contributed by atoms with Crippen molar-refractivity contribution in [2.24, 2.45) is 0 Å². The second-order valence-electron chi connectivity index (χ2n) is 8.49. The minimum absolute atomic E-state index is 0.154. The zero-order valence-corrected chi connectivity index (χ0v) is 19.6. The van der Waals surface area contributed by atoms with Crippen molar-refractivity contribution >= 4 is 36.0 Å². The molecular formula is C18H27ClN5O9P. The predicted molar refractivity (Wildman–Crippen MR) is 117 cm³/mol. The second-order valence-corrected chi connectivity index (χ2v) is 10.8. The molecule has 7 N–H and O–H groups in total. The van der Waals surface area contributed by atoms with Gasteiger partial charge in [0.15, 0.2) is 17.4 Å². The lowest BCUT2D eigenvalue weighted by Crippen LogP contribution is -2.44. The van der Waals surface area contributed by atoms with Gasteiger partial charge in [0, 0.05) is 12.1 Å². The third-order valence-corrected chi connectivity index (χ3v) is 7.90. The standard InChI is InChI=1S/C18H27ClN5O9P/c19-12-5-10(20-9-3-1-2-4-9)13-16(21-12)24(23-22-13)17-15(28)14(27)11(33-17)6-32-18(7-25,8-26)34(29,30)31/h5,9,11,14-15,17,25-28H,1-4,6-8H2,(H,20,21)(H2,29,30,31)/t11-,14-,15-,17-/m1/s1. The van der Waals surface area contributed by atoms with E-state index in [1.165, 1.54) is 0 Å². The van der Waals surface area contributed by atoms with Crippen molar-refractivity contribution in [3.05, 3.63) is 11.2 Å². The fourth-order valence-corrected chi connectivity index (χ4v) is 4.98. The number of hydrogen-bond donors (Lipinski definition) is 7. The highest BCUT2D eigenvalue weighted by Crippen LogP contribution is 2.51. The van der Waals surface area contributed by atoms with E-state index < -0.39 is 57.3 Å². The number of pyridine rings is 1. The van der Waals surface area contributed by atoms with Gasteiger partial charge in [-0.2, -0.15) is 4.68 Å². The third-order valence-electron chi connectivity index (χ3n) is 6.24. The van der Waals surface area contributed by atoms with Crippen LogP contribution in [0.5, 0.6) is 0 Å². The maximum Gasteiger partial charge on any atom is 0.361 e. The van der Waals surface area contributed by atoms with Gasteiger partial charge in [0.25, 0.3) is 0 Å². The fraction of sp³-hybridized carbons (Fsp3) is 0.722. The van der Waals surface area contributed by atoms with Gasteiger partial charge in [-0.25, -0.2) is 4.98 Å². The van der Waals surface area contributed by atoms with Crippen molar-refractivity contribution in [3.63, 3.8) is 0 Å². The van der Waals surface area contributed by atoms with Crippen molar-refractivity contribution in [1.29, 1.82) is 0 Å². The first-order valence-corrected chi connectivity index (χ1v) is 12.7. The molecule has 190 valence electrons. The summed E-state index contributed by atoms with van der Waals surface area (Å²) < 4.78 is 23.6. The Balaban J connectivity index is 1.56. The molecule has 4 rings (SSSR count). The molecule has 0 radical (unpaired) electrons. The molecule has 14 nitrogen and oxygen atoms in total. The van der Waals surface area contributed by atoms with Gasteiger partial charge < -0.3 is 45.0 Å². The quantitative estimate of drug-likeness (QED) is 0.161. The minimum atomic E-state index is -5.10. The van der Waals surface area contributed by atoms with Crippen molar-refractivity contribution < 1.29 is 44.3 Å². The molecule has 1 aliphatic heterocycles. The van der Waals surface area contributed by atoms with E-state index in [1.807, 2.05) is 0 Å². The molecule has 0 bridgehead atoms. The maximum atomic E-state index is 11.7. The van der Waals surface area contributed by atoms with Crippen LogP contribution in [0.15, 0.2) is 6.07 Å². The van der Waals surface area contributed by atoms with E-state index in [-0.39, 0.29) is 16.8 Å². The van der Waals surface area contributed by atoms with E-state index in [9.17, 15) is 34.8 Å². The Labute approximate surface area is 198 Å². The number of aromatic nitrogens is 4. The minimum Gasteiger partial charge on any atom is -0.393 e. The Bertz CT molecular complexity index is 1060. The highest BCUT2D eigenvalue weighted by atomic mass is 35.5. The number of anilines is 1. The first kappa shape index (κ1) is 25.6. The lowest BCUT2D eigenvalue weighted by molar-refractivity contribution is -0.121. The highest BCUT2D eigenvalue weighted by Gasteiger charge is 2.51. The van der Waals surface area contributed by atoms with Crippen molar-refractivity contribution in [2.45, 2.75) is 61.6 Å². The molecule has 16 heteroatoms. The van der Waals surface area contributed by atoms with E-state index in [1.54, 1.807) is 6.07 Å². The van der Waals surface area contributed by atoms with Gasteiger partial charge in [0.05, 0.1) is 25.5 Å². The number of aliphatic hydroxyl groups excluding tert-OH is 4. The van der Waals surface area contributed by atoms with Crippen LogP contribution < -0.4 is 5.32 Å². The summed E-state index contributed by atoms with van der Waals surface area (Å²) in [6, 6.07) is 1.89. The summed E-state index contributed by atoms with van der Waals surface area (Å²) in [6.45, 7) is -3.03. The van der Waals surface area contributed by atoms with Crippen LogP contribution in [0.4, 0.5) is 5.69 Å². The van der Waals surface area contributed by atoms with Crippen LogP contribution in [0.1, 0.15) is 31.9 Å². The topological polar surface area (TPSA) is 213 Å². The SMILES string of the molecule is O=P(O)(O)C(CO)(CO)OC[C@H]1O[C@@H](n2nnc3c(NC4CCCC4)cc(Cl)nc32)[C@H](O)[C@@H]1O. The van der Waals surface area contributed by atoms with Crippen LogP contribution in [0.2, 0.25) is 5.15 Å². The van der Waals surface area contributed by atoms with E-state index >= 15 is 0 Å². The number of nitrogens with zero attached hydrogens (tertiary/aromatic N) is 4. The lowest BCUT2D eigenvalue weighted by atomic mass is 10.1. The molecule has 3 heterocycles. The van der Waals surface area contributed by atoms with Gasteiger partial charge in [-0.15, -0.1) is 5.10 Å². The second kappa shape index (κ2) is 9.90. The van der Waals surface area contributed by atoms with Crippen molar-refractivity contribution in [2.75, 3.05) is 25.1 Å². The first-order chi connectivity index (χ1) is 16.1. The summed E-state index contributed by atoms with van der Waals surface area (Å²) in [4.78, 5) is 23.2. The predicted octanol–water partition coefficient (Wildman–Crippen LogP) is -0.671. The van der Waals surface area contributed by atoms with Gasteiger partial charge in [-0.1, -0.05) is 29.7 Å². The van der Waals surface area contributed by atoms with Crippen LogP contribution in [0, 0.1) is 0 Å². The number of ether oxygens (including phenoxy) is 2. The number of rotatable bonds is 9. The first-order valence-electron chi connectivity index (χ1n) is 10.7. The van der Waals surface area contributed by atoms with E-state index in [2.05, 4.69) is 20.6 Å². The number of nitrogens with one attached hydrogen (secondary N) is 1. The zero-order chi connectivity index (χ0) is 24.7. The van der Waals surface area contributed by atoms with Gasteiger partial charge in [0.2, 0.25) is 5.34 Å². The average molecular weight is 524 g/mol. The van der Waals surface area contributed by atoms with Crippen LogP contribution in [-0.4, -0.2) is 99.7 Å². The van der Waals surface area contributed by atoms with E-state index in [4.69, 9.17) is 21.1 Å². The molecule has 4 atom stereocenters. The number of fused-ring (bicyclic) bond motifs is 1. The molecule has 0 spiro atoms. The van der Waals surface area contributed by atoms with E-state index in [0.717, 1.165) is 30.4 Å². The van der Waals surface area contributed by atoms with Crippen LogP contribution in [0.3, 0.4) is 0 Å². The molecule has 1 saturated heterocycles. The molecule has 1 aliphatic carbocycles. The molecule has 2 fully saturated rings. The molecule has 2 aromatic heterocycles. The summed E-state index contributed by atoms with van der Waals surface area (Å²) in [5, 5.41) is 48.9. The summed E-state index contributed by atoms with van der Waals surface area (Å²) in [7, 11) is -5.10. The molecule has 2 aliphatic rings. The third kappa shape index (κ3) is 4.67. The summed E-state index contributed by atoms with van der Waals surface area (Å²) >= 11 is 6.20. The van der Waals surface area contributed by atoms with Crippen LogP contribution in [-0.2, 0) is 14.0 Å². The van der Waals surface area contributed by atoms with Crippen LogP contribution >= 0.6 is 19.2 Å². The Hall–Kier alpha value is -1.45. The highest BCUT2D eigenvalue weighted by molar-refractivity contribution is 7.53. The zero-order valence-electron chi connectivity index (χ0n) is 17.9. The molecule has 0 unspecified atom stereocenters. The largest absolute Gasteiger partial charge is 0.393 e. The molecule has 0 aromatic carbocycles. The van der Waals surface area contributed by atoms with Gasteiger partial charge >= 0.3 is 7.60 Å². The molecule has 2 aromatic rings. The fourth-order valence-electron chi connectivity index (χ4n) is 4.18. The van der Waals surface area contributed by atoms with E-state index in [0.29, 0.717) is 11.2 Å². The van der Waals surface area contributed by atoms with Crippen molar-refractivity contribution in [1.82, 2.24) is 20.0 Å². The van der Waals surface area contributed by atoms with Crippen LogP contribution in [0.25, 0.3) is 11.2 Å². The Morgan fingerprint density at radius 2 is 1.91 bits per heavy atom. The molecular weight excluding hydrogens is 497 g/mol. The maximum absolute atomic E-state index is 11.7.